The lowest BCUT2D eigenvalue weighted by Crippen LogP contribution is -2.06. The second-order valence-electron chi connectivity index (χ2n) is 3.88. The first-order chi connectivity index (χ1) is 8.09. The molecule has 0 aliphatic rings. The summed E-state index contributed by atoms with van der Waals surface area (Å²) in [5, 5.41) is 0.510. The zero-order valence-corrected chi connectivity index (χ0v) is 10.2. The van der Waals surface area contributed by atoms with Crippen molar-refractivity contribution in [2.24, 2.45) is 0 Å². The highest BCUT2D eigenvalue weighted by Gasteiger charge is 2.14. The quantitative estimate of drug-likeness (QED) is 0.650. The molecule has 2 aromatic carbocycles. The number of carbonyl (C=O) groups excluding carboxylic acids is 1. The lowest BCUT2D eigenvalue weighted by Gasteiger charge is -2.07. The molecule has 0 saturated carbocycles. The summed E-state index contributed by atoms with van der Waals surface area (Å²) < 4.78 is 0. The van der Waals surface area contributed by atoms with Gasteiger partial charge in [-0.2, -0.15) is 0 Å². The molecular formula is C14H12ClNO. The number of ketones is 1. The van der Waals surface area contributed by atoms with E-state index in [0.717, 1.165) is 5.56 Å². The standard InChI is InChI=1S/C14H12ClNO/c1-9-4-2-3-5-11(9)14(17)12-8-10(15)6-7-13(12)16/h2-8H,16H2,1H3. The Hall–Kier alpha value is -1.80. The molecule has 0 unspecified atom stereocenters. The van der Waals surface area contributed by atoms with Crippen LogP contribution in [0, 0.1) is 6.92 Å². The van der Waals surface area contributed by atoms with E-state index in [-0.39, 0.29) is 5.78 Å². The molecule has 17 heavy (non-hydrogen) atoms. The fourth-order valence-corrected chi connectivity index (χ4v) is 1.87. The molecule has 0 aliphatic heterocycles. The average Bonchev–Trinajstić information content (AvgIpc) is 2.32. The van der Waals surface area contributed by atoms with Crippen LogP contribution in [-0.2, 0) is 0 Å². The number of benzene rings is 2. The smallest absolute Gasteiger partial charge is 0.195 e. The van der Waals surface area contributed by atoms with Crippen LogP contribution in [0.15, 0.2) is 42.5 Å². The maximum absolute atomic E-state index is 12.3. The maximum Gasteiger partial charge on any atom is 0.195 e. The summed E-state index contributed by atoms with van der Waals surface area (Å²) in [5.74, 6) is -0.0944. The minimum absolute atomic E-state index is 0.0944. The second kappa shape index (κ2) is 4.60. The average molecular weight is 246 g/mol. The fourth-order valence-electron chi connectivity index (χ4n) is 1.70. The fraction of sp³-hybridized carbons (Fsp3) is 0.0714. The highest BCUT2D eigenvalue weighted by Crippen LogP contribution is 2.22. The molecule has 0 aromatic heterocycles. The first-order valence-electron chi connectivity index (χ1n) is 5.25. The van der Waals surface area contributed by atoms with E-state index >= 15 is 0 Å². The lowest BCUT2D eigenvalue weighted by molar-refractivity contribution is 0.103. The first-order valence-corrected chi connectivity index (χ1v) is 5.63. The van der Waals surface area contributed by atoms with Gasteiger partial charge in [0, 0.05) is 21.8 Å². The predicted octanol–water partition coefficient (Wildman–Crippen LogP) is 3.46. The number of anilines is 1. The van der Waals surface area contributed by atoms with E-state index in [1.54, 1.807) is 24.3 Å². The van der Waals surface area contributed by atoms with Crippen molar-refractivity contribution in [3.05, 3.63) is 64.2 Å². The van der Waals surface area contributed by atoms with Gasteiger partial charge in [0.1, 0.15) is 0 Å². The monoisotopic (exact) mass is 245 g/mol. The van der Waals surface area contributed by atoms with E-state index < -0.39 is 0 Å². The molecule has 2 aromatic rings. The molecule has 0 amide bonds. The minimum atomic E-state index is -0.0944. The number of halogens is 1. The van der Waals surface area contributed by atoms with E-state index in [1.165, 1.54) is 0 Å². The number of carbonyl (C=O) groups is 1. The summed E-state index contributed by atoms with van der Waals surface area (Å²) >= 11 is 5.88. The summed E-state index contributed by atoms with van der Waals surface area (Å²) in [6.07, 6.45) is 0. The Morgan fingerprint density at radius 3 is 2.53 bits per heavy atom. The molecule has 0 radical (unpaired) electrons. The summed E-state index contributed by atoms with van der Waals surface area (Å²) in [4.78, 5) is 12.3. The van der Waals surface area contributed by atoms with Crippen LogP contribution >= 0.6 is 11.6 Å². The number of nitrogens with two attached hydrogens (primary N) is 1. The molecule has 86 valence electrons. The Balaban J connectivity index is 2.51. The normalized spacial score (nSPS) is 10.2. The van der Waals surface area contributed by atoms with Crippen LogP contribution < -0.4 is 5.73 Å². The van der Waals surface area contributed by atoms with E-state index in [2.05, 4.69) is 0 Å². The molecule has 0 fully saturated rings. The van der Waals surface area contributed by atoms with Gasteiger partial charge < -0.3 is 5.73 Å². The van der Waals surface area contributed by atoms with Gasteiger partial charge in [-0.25, -0.2) is 0 Å². The third-order valence-electron chi connectivity index (χ3n) is 2.65. The van der Waals surface area contributed by atoms with Gasteiger partial charge in [-0.15, -0.1) is 0 Å². The van der Waals surface area contributed by atoms with E-state index in [0.29, 0.717) is 21.8 Å². The van der Waals surface area contributed by atoms with Crippen LogP contribution in [0.1, 0.15) is 21.5 Å². The highest BCUT2D eigenvalue weighted by molar-refractivity contribution is 6.31. The van der Waals surface area contributed by atoms with Crippen molar-refractivity contribution in [2.75, 3.05) is 5.73 Å². The molecule has 0 spiro atoms. The summed E-state index contributed by atoms with van der Waals surface area (Å²) in [5.41, 5.74) is 8.28. The highest BCUT2D eigenvalue weighted by atomic mass is 35.5. The van der Waals surface area contributed by atoms with Crippen LogP contribution in [0.25, 0.3) is 0 Å². The van der Waals surface area contributed by atoms with Gasteiger partial charge in [0.15, 0.2) is 5.78 Å². The molecule has 0 heterocycles. The van der Waals surface area contributed by atoms with Gasteiger partial charge in [0.2, 0.25) is 0 Å². The van der Waals surface area contributed by atoms with Gasteiger partial charge >= 0.3 is 0 Å². The molecule has 2 nitrogen and oxygen atoms in total. The van der Waals surface area contributed by atoms with Gasteiger partial charge in [-0.05, 0) is 30.7 Å². The zero-order valence-electron chi connectivity index (χ0n) is 9.41. The molecule has 0 saturated heterocycles. The van der Waals surface area contributed by atoms with E-state index in [9.17, 15) is 4.79 Å². The summed E-state index contributed by atoms with van der Waals surface area (Å²) in [7, 11) is 0. The van der Waals surface area contributed by atoms with Crippen molar-refractivity contribution in [2.45, 2.75) is 6.92 Å². The number of hydrogen-bond acceptors (Lipinski definition) is 2. The molecule has 0 atom stereocenters. The van der Waals surface area contributed by atoms with Crippen LogP contribution in [0.3, 0.4) is 0 Å². The van der Waals surface area contributed by atoms with Crippen molar-refractivity contribution in [3.8, 4) is 0 Å². The summed E-state index contributed by atoms with van der Waals surface area (Å²) in [6.45, 7) is 1.90. The Labute approximate surface area is 105 Å². The van der Waals surface area contributed by atoms with Gasteiger partial charge in [0.25, 0.3) is 0 Å². The molecule has 2 rings (SSSR count). The van der Waals surface area contributed by atoms with E-state index in [4.69, 9.17) is 17.3 Å². The topological polar surface area (TPSA) is 43.1 Å². The van der Waals surface area contributed by atoms with Gasteiger partial charge in [0.05, 0.1) is 0 Å². The zero-order chi connectivity index (χ0) is 12.4. The van der Waals surface area contributed by atoms with Gasteiger partial charge in [-0.1, -0.05) is 35.9 Å². The van der Waals surface area contributed by atoms with Crippen molar-refractivity contribution in [1.82, 2.24) is 0 Å². The van der Waals surface area contributed by atoms with Crippen molar-refractivity contribution < 1.29 is 4.79 Å². The Morgan fingerprint density at radius 1 is 1.12 bits per heavy atom. The Bertz CT molecular complexity index is 578. The largest absolute Gasteiger partial charge is 0.398 e. The molecule has 2 N–H and O–H groups in total. The van der Waals surface area contributed by atoms with E-state index in [1.807, 2.05) is 25.1 Å². The van der Waals surface area contributed by atoms with Crippen LogP contribution in [0.4, 0.5) is 5.69 Å². The van der Waals surface area contributed by atoms with Gasteiger partial charge in [-0.3, -0.25) is 4.79 Å². The van der Waals surface area contributed by atoms with Crippen molar-refractivity contribution in [3.63, 3.8) is 0 Å². The maximum atomic E-state index is 12.3. The Kier molecular flexibility index (Phi) is 3.16. The van der Waals surface area contributed by atoms with Crippen LogP contribution in [0.5, 0.6) is 0 Å². The predicted molar refractivity (Wildman–Crippen MR) is 70.5 cm³/mol. The summed E-state index contributed by atoms with van der Waals surface area (Å²) in [6, 6.07) is 12.3. The second-order valence-corrected chi connectivity index (χ2v) is 4.31. The van der Waals surface area contributed by atoms with Crippen LogP contribution in [0.2, 0.25) is 5.02 Å². The number of hydrogen-bond donors (Lipinski definition) is 1. The lowest BCUT2D eigenvalue weighted by atomic mass is 9.98. The van der Waals surface area contributed by atoms with Crippen LogP contribution in [-0.4, -0.2) is 5.78 Å². The first kappa shape index (κ1) is 11.7. The minimum Gasteiger partial charge on any atom is -0.398 e. The van der Waals surface area contributed by atoms with Crippen molar-refractivity contribution in [1.29, 1.82) is 0 Å². The van der Waals surface area contributed by atoms with Crippen molar-refractivity contribution >= 4 is 23.1 Å². The number of rotatable bonds is 2. The number of nitrogen functional groups attached to an aromatic ring is 1. The molecule has 0 aliphatic carbocycles. The molecule has 3 heteroatoms. The Morgan fingerprint density at radius 2 is 1.82 bits per heavy atom. The third-order valence-corrected chi connectivity index (χ3v) is 2.88. The number of aryl methyl sites for hydroxylation is 1. The molecule has 0 bridgehead atoms. The SMILES string of the molecule is Cc1ccccc1C(=O)c1cc(Cl)ccc1N. The third kappa shape index (κ3) is 2.32. The molecular weight excluding hydrogens is 234 g/mol.